The molecule has 1 unspecified atom stereocenters. The normalized spacial score (nSPS) is 36.2. The van der Waals surface area contributed by atoms with Crippen LogP contribution in [0.25, 0.3) is 0 Å². The summed E-state index contributed by atoms with van der Waals surface area (Å²) >= 11 is 2.05. The molecular formula is C14H25NO2S. The molecule has 1 atom stereocenters. The van der Waals surface area contributed by atoms with Crippen molar-refractivity contribution in [2.45, 2.75) is 58.0 Å². The Kier molecular flexibility index (Phi) is 4.59. The molecule has 2 fully saturated rings. The average Bonchev–Trinajstić information content (AvgIpc) is 2.28. The third kappa shape index (κ3) is 3.89. The van der Waals surface area contributed by atoms with E-state index in [0.29, 0.717) is 17.5 Å². The first-order valence-electron chi connectivity index (χ1n) is 7.03. The van der Waals surface area contributed by atoms with Crippen LogP contribution in [0.2, 0.25) is 0 Å². The van der Waals surface area contributed by atoms with Crippen molar-refractivity contribution in [3.63, 3.8) is 0 Å². The van der Waals surface area contributed by atoms with Crippen LogP contribution in [-0.2, 0) is 4.79 Å². The molecule has 1 aliphatic heterocycles. The Morgan fingerprint density at radius 2 is 1.89 bits per heavy atom. The molecule has 3 nitrogen and oxygen atoms in total. The van der Waals surface area contributed by atoms with Crippen molar-refractivity contribution in [1.29, 1.82) is 0 Å². The van der Waals surface area contributed by atoms with Crippen molar-refractivity contribution in [2.75, 3.05) is 11.5 Å². The smallest absolute Gasteiger partial charge is 0.306 e. The zero-order valence-corrected chi connectivity index (χ0v) is 12.3. The van der Waals surface area contributed by atoms with Crippen LogP contribution in [0.3, 0.4) is 0 Å². The van der Waals surface area contributed by atoms with Gasteiger partial charge in [0.2, 0.25) is 0 Å². The molecule has 18 heavy (non-hydrogen) atoms. The van der Waals surface area contributed by atoms with Gasteiger partial charge in [0.1, 0.15) is 0 Å². The molecule has 0 bridgehead atoms. The molecule has 2 rings (SSSR count). The van der Waals surface area contributed by atoms with Gasteiger partial charge in [0.05, 0.1) is 5.92 Å². The van der Waals surface area contributed by atoms with E-state index in [-0.39, 0.29) is 5.92 Å². The Labute approximate surface area is 114 Å². The highest BCUT2D eigenvalue weighted by atomic mass is 32.2. The van der Waals surface area contributed by atoms with Gasteiger partial charge in [0.15, 0.2) is 0 Å². The van der Waals surface area contributed by atoms with Gasteiger partial charge in [-0.2, -0.15) is 11.8 Å². The summed E-state index contributed by atoms with van der Waals surface area (Å²) in [4.78, 5) is 10.9. The Hall–Kier alpha value is -0.220. The Morgan fingerprint density at radius 1 is 1.22 bits per heavy atom. The average molecular weight is 271 g/mol. The van der Waals surface area contributed by atoms with Crippen molar-refractivity contribution in [3.05, 3.63) is 0 Å². The molecule has 1 saturated carbocycles. The number of nitrogens with one attached hydrogen (secondary N) is 1. The highest BCUT2D eigenvalue weighted by Gasteiger charge is 2.31. The van der Waals surface area contributed by atoms with Gasteiger partial charge >= 0.3 is 5.97 Å². The summed E-state index contributed by atoms with van der Waals surface area (Å²) in [5, 5.41) is 12.7. The summed E-state index contributed by atoms with van der Waals surface area (Å²) in [5.41, 5.74) is 0.443. The molecule has 2 aliphatic rings. The van der Waals surface area contributed by atoms with E-state index < -0.39 is 5.97 Å². The van der Waals surface area contributed by atoms with E-state index in [1.165, 1.54) is 17.9 Å². The summed E-state index contributed by atoms with van der Waals surface area (Å²) in [5.74, 6) is 1.77. The van der Waals surface area contributed by atoms with Crippen LogP contribution < -0.4 is 5.32 Å². The monoisotopic (exact) mass is 271 g/mol. The summed E-state index contributed by atoms with van der Waals surface area (Å²) in [6.45, 7) is 4.68. The zero-order chi connectivity index (χ0) is 13.2. The van der Waals surface area contributed by atoms with Crippen molar-refractivity contribution in [1.82, 2.24) is 5.32 Å². The molecule has 1 aliphatic carbocycles. The molecule has 0 spiro atoms. The number of hydrogen-bond acceptors (Lipinski definition) is 3. The first-order chi connectivity index (χ1) is 8.46. The third-order valence-corrected chi connectivity index (χ3v) is 5.78. The van der Waals surface area contributed by atoms with Crippen molar-refractivity contribution in [2.24, 2.45) is 11.3 Å². The van der Waals surface area contributed by atoms with E-state index in [4.69, 9.17) is 5.11 Å². The van der Waals surface area contributed by atoms with Gasteiger partial charge in [0.25, 0.3) is 0 Å². The minimum Gasteiger partial charge on any atom is -0.481 e. The van der Waals surface area contributed by atoms with Crippen molar-refractivity contribution in [3.8, 4) is 0 Å². The molecule has 0 aromatic heterocycles. The van der Waals surface area contributed by atoms with Crippen molar-refractivity contribution >= 4 is 17.7 Å². The quantitative estimate of drug-likeness (QED) is 0.828. The van der Waals surface area contributed by atoms with Crippen LogP contribution in [0.1, 0.15) is 46.0 Å². The Morgan fingerprint density at radius 3 is 2.44 bits per heavy atom. The summed E-state index contributed by atoms with van der Waals surface area (Å²) in [7, 11) is 0. The maximum absolute atomic E-state index is 10.9. The third-order valence-electron chi connectivity index (χ3n) is 4.16. The van der Waals surface area contributed by atoms with E-state index in [9.17, 15) is 4.79 Å². The maximum atomic E-state index is 10.9. The number of carbonyl (C=O) groups is 1. The molecule has 2 N–H and O–H groups in total. The number of carboxylic acids is 1. The van der Waals surface area contributed by atoms with E-state index >= 15 is 0 Å². The van der Waals surface area contributed by atoms with Crippen LogP contribution in [0, 0.1) is 11.3 Å². The second-order valence-electron chi connectivity index (χ2n) is 6.63. The van der Waals surface area contributed by atoms with Crippen LogP contribution >= 0.6 is 11.8 Å². The number of carboxylic acid groups (broad SMARTS) is 1. The minimum atomic E-state index is -0.609. The van der Waals surface area contributed by atoms with Gasteiger partial charge in [-0.05, 0) is 43.3 Å². The van der Waals surface area contributed by atoms with E-state index in [0.717, 1.165) is 25.7 Å². The fourth-order valence-corrected chi connectivity index (χ4v) is 4.50. The fraction of sp³-hybridized carbons (Fsp3) is 0.929. The predicted octanol–water partition coefficient (Wildman–Crippen LogP) is 2.75. The molecular weight excluding hydrogens is 246 g/mol. The number of thioether (sulfide) groups is 1. The lowest BCUT2D eigenvalue weighted by Gasteiger charge is -2.38. The molecule has 4 heteroatoms. The van der Waals surface area contributed by atoms with Crippen LogP contribution in [0.5, 0.6) is 0 Å². The SMILES string of the molecule is CC1(C)CSCC(NC2CCC(C(=O)O)CC2)C1. The standard InChI is InChI=1S/C14H25NO2S/c1-14(2)7-12(8-18-9-14)15-11-5-3-10(4-6-11)13(16)17/h10-12,15H,3-9H2,1-2H3,(H,16,17). The lowest BCUT2D eigenvalue weighted by Crippen LogP contribution is -2.46. The Bertz CT molecular complexity index is 298. The second kappa shape index (κ2) is 5.83. The first kappa shape index (κ1) is 14.2. The highest BCUT2D eigenvalue weighted by Crippen LogP contribution is 2.34. The first-order valence-corrected chi connectivity index (χ1v) is 8.18. The number of aliphatic carboxylic acids is 1. The van der Waals surface area contributed by atoms with Gasteiger partial charge in [-0.15, -0.1) is 0 Å². The lowest BCUT2D eigenvalue weighted by molar-refractivity contribution is -0.142. The number of hydrogen-bond donors (Lipinski definition) is 2. The van der Waals surface area contributed by atoms with Gasteiger partial charge < -0.3 is 10.4 Å². The highest BCUT2D eigenvalue weighted by molar-refractivity contribution is 7.99. The topological polar surface area (TPSA) is 49.3 Å². The molecule has 104 valence electrons. The fourth-order valence-electron chi connectivity index (χ4n) is 3.21. The summed E-state index contributed by atoms with van der Waals surface area (Å²) < 4.78 is 0. The largest absolute Gasteiger partial charge is 0.481 e. The Balaban J connectivity index is 1.76. The van der Waals surface area contributed by atoms with E-state index in [1.54, 1.807) is 0 Å². The second-order valence-corrected chi connectivity index (χ2v) is 7.66. The molecule has 1 heterocycles. The van der Waals surface area contributed by atoms with Crippen LogP contribution in [0.4, 0.5) is 0 Å². The predicted molar refractivity (Wildman–Crippen MR) is 76.0 cm³/mol. The molecule has 0 radical (unpaired) electrons. The van der Waals surface area contributed by atoms with E-state index in [2.05, 4.69) is 19.2 Å². The van der Waals surface area contributed by atoms with E-state index in [1.807, 2.05) is 11.8 Å². The van der Waals surface area contributed by atoms with Crippen molar-refractivity contribution < 1.29 is 9.90 Å². The van der Waals surface area contributed by atoms with Gasteiger partial charge in [-0.3, -0.25) is 4.79 Å². The lowest BCUT2D eigenvalue weighted by atomic mass is 9.84. The minimum absolute atomic E-state index is 0.0970. The van der Waals surface area contributed by atoms with Gasteiger partial charge in [0, 0.05) is 17.8 Å². The number of rotatable bonds is 3. The van der Waals surface area contributed by atoms with Crippen LogP contribution in [0.15, 0.2) is 0 Å². The molecule has 0 amide bonds. The molecule has 0 aromatic rings. The summed E-state index contributed by atoms with van der Waals surface area (Å²) in [6, 6.07) is 1.16. The van der Waals surface area contributed by atoms with Gasteiger partial charge in [-0.25, -0.2) is 0 Å². The zero-order valence-electron chi connectivity index (χ0n) is 11.4. The molecule has 0 aromatic carbocycles. The maximum Gasteiger partial charge on any atom is 0.306 e. The molecule has 1 saturated heterocycles. The summed E-state index contributed by atoms with van der Waals surface area (Å²) in [6.07, 6.45) is 4.99. The van der Waals surface area contributed by atoms with Crippen LogP contribution in [-0.4, -0.2) is 34.7 Å². The van der Waals surface area contributed by atoms with Gasteiger partial charge in [-0.1, -0.05) is 13.8 Å².